The number of hydrogen-bond donors (Lipinski definition) is 1. The lowest BCUT2D eigenvalue weighted by Crippen LogP contribution is -2.48. The Morgan fingerprint density at radius 3 is 1.90 bits per heavy atom. The van der Waals surface area contributed by atoms with Crippen molar-refractivity contribution < 1.29 is 52.3 Å². The van der Waals surface area contributed by atoms with Crippen LogP contribution in [0.3, 0.4) is 0 Å². The third kappa shape index (κ3) is 15.3. The molecule has 2 aliphatic carbocycles. The molecule has 3 atom stereocenters. The molecule has 0 bridgehead atoms. The Hall–Kier alpha value is -3.94. The van der Waals surface area contributed by atoms with Crippen molar-refractivity contribution in [3.8, 4) is 11.1 Å². The zero-order valence-corrected chi connectivity index (χ0v) is 35.0. The van der Waals surface area contributed by atoms with Crippen LogP contribution in [0.2, 0.25) is 0 Å². The van der Waals surface area contributed by atoms with Crippen LogP contribution in [0.4, 0.5) is 0 Å². The summed E-state index contributed by atoms with van der Waals surface area (Å²) in [5, 5.41) is 2.97. The van der Waals surface area contributed by atoms with Crippen molar-refractivity contribution in [2.75, 3.05) is 66.1 Å². The van der Waals surface area contributed by atoms with Crippen molar-refractivity contribution >= 4 is 23.6 Å². The zero-order chi connectivity index (χ0) is 41.5. The van der Waals surface area contributed by atoms with Crippen LogP contribution in [-0.4, -0.2) is 108 Å². The van der Waals surface area contributed by atoms with Gasteiger partial charge in [0.2, 0.25) is 5.91 Å². The predicted molar refractivity (Wildman–Crippen MR) is 220 cm³/mol. The minimum absolute atomic E-state index is 0.0505. The average Bonchev–Trinajstić information content (AvgIpc) is 3.55. The first-order valence-corrected chi connectivity index (χ1v) is 21.2. The van der Waals surface area contributed by atoms with Gasteiger partial charge in [0.25, 0.3) is 0 Å². The van der Waals surface area contributed by atoms with Crippen LogP contribution in [0.5, 0.6) is 0 Å². The second-order valence-electron chi connectivity index (χ2n) is 14.9. The molecule has 12 heteroatoms. The maximum Gasteiger partial charge on any atom is 0.333 e. The van der Waals surface area contributed by atoms with Crippen LogP contribution in [0.1, 0.15) is 103 Å². The SMILES string of the molecule is CCOC(=O)C1=C[C@@H](OC(CC)CC)[C@H](C)[C@@H](NC(=O)COCC(=O)CCCCOCCOCCOCCCCC(=O)OCC2c3ccccc3-c3ccccc32)C1. The highest BCUT2D eigenvalue weighted by Gasteiger charge is 2.35. The normalized spacial score (nSPS) is 17.4. The van der Waals surface area contributed by atoms with Gasteiger partial charge in [0.15, 0.2) is 5.78 Å². The van der Waals surface area contributed by atoms with Gasteiger partial charge in [-0.2, -0.15) is 0 Å². The summed E-state index contributed by atoms with van der Waals surface area (Å²) in [4.78, 5) is 50.0. The first-order chi connectivity index (χ1) is 28.2. The lowest BCUT2D eigenvalue weighted by molar-refractivity contribution is -0.144. The molecule has 1 amide bonds. The van der Waals surface area contributed by atoms with Gasteiger partial charge in [-0.05, 0) is 80.2 Å². The molecule has 0 saturated heterocycles. The number of ketones is 1. The Kier molecular flexibility index (Phi) is 21.1. The number of carbonyl (C=O) groups is 4. The molecule has 0 aliphatic heterocycles. The molecule has 0 spiro atoms. The lowest BCUT2D eigenvalue weighted by atomic mass is 9.83. The standard InChI is InChI=1S/C46H65NO11/c1-5-36(6-2)58-43-29-34(46(51)56-7-3)28-42(33(43)4)47-44(49)32-55-30-35(48)16-12-14-22-52-24-26-54-27-25-53-23-15-13-21-45(50)57-31-41-39-19-10-8-17-37(39)38-18-9-11-20-40(38)41/h8-11,17-20,29,33,36,41-43H,5-7,12-16,21-28,30-32H2,1-4H3,(H,47,49)/t33-,42+,43-/m1/s1. The Balaban J connectivity index is 0.937. The molecule has 0 saturated carbocycles. The van der Waals surface area contributed by atoms with E-state index in [1.165, 1.54) is 22.3 Å². The summed E-state index contributed by atoms with van der Waals surface area (Å²) in [7, 11) is 0. The summed E-state index contributed by atoms with van der Waals surface area (Å²) in [6.07, 6.45) is 7.15. The van der Waals surface area contributed by atoms with Gasteiger partial charge in [-0.25, -0.2) is 4.79 Å². The van der Waals surface area contributed by atoms with E-state index in [9.17, 15) is 19.2 Å². The van der Waals surface area contributed by atoms with Crippen molar-refractivity contribution in [3.05, 3.63) is 71.3 Å². The van der Waals surface area contributed by atoms with E-state index in [-0.39, 0.29) is 67.6 Å². The Bertz CT molecular complexity index is 1560. The quantitative estimate of drug-likeness (QED) is 0.0677. The number of ether oxygens (including phenoxy) is 7. The molecule has 58 heavy (non-hydrogen) atoms. The van der Waals surface area contributed by atoms with Gasteiger partial charge in [0, 0.05) is 49.5 Å². The van der Waals surface area contributed by atoms with Gasteiger partial charge in [0.1, 0.15) is 19.8 Å². The van der Waals surface area contributed by atoms with E-state index < -0.39 is 5.97 Å². The molecular weight excluding hydrogens is 743 g/mol. The number of esters is 2. The summed E-state index contributed by atoms with van der Waals surface area (Å²) in [5.74, 6) is -0.999. The largest absolute Gasteiger partial charge is 0.465 e. The van der Waals surface area contributed by atoms with E-state index in [0.717, 1.165) is 25.7 Å². The molecule has 0 radical (unpaired) electrons. The number of hydrogen-bond acceptors (Lipinski definition) is 11. The predicted octanol–water partition coefficient (Wildman–Crippen LogP) is 6.91. The molecule has 0 aromatic heterocycles. The average molecular weight is 808 g/mol. The number of amides is 1. The summed E-state index contributed by atoms with van der Waals surface area (Å²) < 4.78 is 39.4. The first kappa shape index (κ1) is 46.7. The third-order valence-corrected chi connectivity index (χ3v) is 10.6. The Morgan fingerprint density at radius 2 is 1.29 bits per heavy atom. The van der Waals surface area contributed by atoms with Crippen molar-refractivity contribution in [2.24, 2.45) is 5.92 Å². The van der Waals surface area contributed by atoms with Crippen molar-refractivity contribution in [1.29, 1.82) is 0 Å². The van der Waals surface area contributed by atoms with E-state index in [4.69, 9.17) is 33.2 Å². The molecule has 2 aliphatic rings. The van der Waals surface area contributed by atoms with Crippen LogP contribution in [0.15, 0.2) is 60.2 Å². The zero-order valence-electron chi connectivity index (χ0n) is 35.0. The topological polar surface area (TPSA) is 145 Å². The maximum absolute atomic E-state index is 12.7. The number of Topliss-reactive ketones (excluding diaryl/α,β-unsaturated/α-hetero) is 1. The molecule has 0 unspecified atom stereocenters. The lowest BCUT2D eigenvalue weighted by Gasteiger charge is -2.36. The number of benzene rings is 2. The number of unbranched alkanes of at least 4 members (excludes halogenated alkanes) is 2. The van der Waals surface area contributed by atoms with Gasteiger partial charge in [-0.3, -0.25) is 14.4 Å². The number of carbonyl (C=O) groups excluding carboxylic acids is 4. The summed E-state index contributed by atoms with van der Waals surface area (Å²) in [6, 6.07) is 16.3. The van der Waals surface area contributed by atoms with Crippen LogP contribution >= 0.6 is 0 Å². The van der Waals surface area contributed by atoms with Gasteiger partial charge >= 0.3 is 11.9 Å². The number of rotatable bonds is 29. The number of fused-ring (bicyclic) bond motifs is 3. The summed E-state index contributed by atoms with van der Waals surface area (Å²) in [5.41, 5.74) is 5.35. The molecule has 2 aromatic rings. The van der Waals surface area contributed by atoms with E-state index in [1.807, 2.05) is 37.3 Å². The highest BCUT2D eigenvalue weighted by molar-refractivity contribution is 5.89. The van der Waals surface area contributed by atoms with E-state index >= 15 is 0 Å². The first-order valence-electron chi connectivity index (χ1n) is 21.2. The van der Waals surface area contributed by atoms with Crippen molar-refractivity contribution in [2.45, 2.75) is 110 Å². The fraction of sp³-hybridized carbons (Fsp3) is 0.609. The molecule has 0 heterocycles. The fourth-order valence-electron chi connectivity index (χ4n) is 7.30. The van der Waals surface area contributed by atoms with Gasteiger partial charge in [-0.1, -0.05) is 69.3 Å². The van der Waals surface area contributed by atoms with Gasteiger partial charge < -0.3 is 38.5 Å². The van der Waals surface area contributed by atoms with Crippen molar-refractivity contribution in [3.63, 3.8) is 0 Å². The maximum atomic E-state index is 12.7. The van der Waals surface area contributed by atoms with Gasteiger partial charge in [-0.15, -0.1) is 0 Å². The molecule has 2 aromatic carbocycles. The highest BCUT2D eigenvalue weighted by Crippen LogP contribution is 2.44. The smallest absolute Gasteiger partial charge is 0.333 e. The summed E-state index contributed by atoms with van der Waals surface area (Å²) in [6.45, 7) is 11.0. The molecule has 12 nitrogen and oxygen atoms in total. The highest BCUT2D eigenvalue weighted by atomic mass is 16.5. The van der Waals surface area contributed by atoms with Gasteiger partial charge in [0.05, 0.1) is 45.2 Å². The minimum Gasteiger partial charge on any atom is -0.465 e. The third-order valence-electron chi connectivity index (χ3n) is 10.6. The van der Waals surface area contributed by atoms with Crippen LogP contribution in [0, 0.1) is 5.92 Å². The van der Waals surface area contributed by atoms with E-state index in [0.29, 0.717) is 83.9 Å². The Morgan fingerprint density at radius 1 is 0.707 bits per heavy atom. The van der Waals surface area contributed by atoms with E-state index in [2.05, 4.69) is 43.4 Å². The second-order valence-corrected chi connectivity index (χ2v) is 14.9. The van der Waals surface area contributed by atoms with E-state index in [1.54, 1.807) is 6.92 Å². The van der Waals surface area contributed by atoms with Crippen LogP contribution in [0.25, 0.3) is 11.1 Å². The molecular formula is C46H65NO11. The second kappa shape index (κ2) is 26.2. The van der Waals surface area contributed by atoms with Crippen molar-refractivity contribution in [1.82, 2.24) is 5.32 Å². The number of nitrogens with one attached hydrogen (secondary N) is 1. The van der Waals surface area contributed by atoms with Crippen LogP contribution in [-0.2, 0) is 52.3 Å². The molecule has 320 valence electrons. The van der Waals surface area contributed by atoms with Crippen LogP contribution < -0.4 is 5.32 Å². The summed E-state index contributed by atoms with van der Waals surface area (Å²) >= 11 is 0. The Labute approximate surface area is 344 Å². The monoisotopic (exact) mass is 807 g/mol. The molecule has 0 fully saturated rings. The molecule has 1 N–H and O–H groups in total. The minimum atomic E-state index is -0.399. The fourth-order valence-corrected chi connectivity index (χ4v) is 7.30. The molecule has 4 rings (SSSR count).